The van der Waals surface area contributed by atoms with Crippen LogP contribution in [0.4, 0.5) is 0 Å². The maximum atomic E-state index is 3.43. The van der Waals surface area contributed by atoms with E-state index in [0.29, 0.717) is 6.04 Å². The van der Waals surface area contributed by atoms with Gasteiger partial charge in [0.2, 0.25) is 0 Å². The van der Waals surface area contributed by atoms with Crippen LogP contribution in [0.25, 0.3) is 0 Å². The van der Waals surface area contributed by atoms with E-state index < -0.39 is 0 Å². The Morgan fingerprint density at radius 3 is 2.00 bits per heavy atom. The van der Waals surface area contributed by atoms with Gasteiger partial charge < -0.3 is 10.2 Å². The summed E-state index contributed by atoms with van der Waals surface area (Å²) in [5, 5.41) is 3.43. The Hall–Kier alpha value is -0.0800. The average Bonchev–Trinajstić information content (AvgIpc) is 2.11. The van der Waals surface area contributed by atoms with Crippen LogP contribution in [-0.2, 0) is 0 Å². The van der Waals surface area contributed by atoms with Crippen LogP contribution in [0, 0.1) is 5.92 Å². The van der Waals surface area contributed by atoms with Crippen LogP contribution < -0.4 is 5.32 Å². The molecule has 0 aromatic rings. The summed E-state index contributed by atoms with van der Waals surface area (Å²) in [7, 11) is 6.36. The zero-order valence-corrected chi connectivity index (χ0v) is 9.93. The van der Waals surface area contributed by atoms with E-state index in [2.05, 4.69) is 45.2 Å². The average molecular weight is 186 g/mol. The first-order valence-electron chi connectivity index (χ1n) is 5.47. The van der Waals surface area contributed by atoms with E-state index in [0.717, 1.165) is 5.92 Å². The first-order valence-corrected chi connectivity index (χ1v) is 5.47. The summed E-state index contributed by atoms with van der Waals surface area (Å²) in [5.74, 6) is 0.838. The number of hydrogen-bond acceptors (Lipinski definition) is 2. The Kier molecular flexibility index (Phi) is 7.29. The molecule has 0 heterocycles. The van der Waals surface area contributed by atoms with E-state index in [1.165, 1.54) is 25.8 Å². The fourth-order valence-corrected chi connectivity index (χ4v) is 1.87. The summed E-state index contributed by atoms with van der Waals surface area (Å²) in [5.41, 5.74) is 0. The normalized spacial score (nSPS) is 14.1. The van der Waals surface area contributed by atoms with Gasteiger partial charge in [-0.15, -0.1) is 0 Å². The monoisotopic (exact) mass is 186 g/mol. The molecule has 0 aliphatic rings. The lowest BCUT2D eigenvalue weighted by Gasteiger charge is -2.26. The fraction of sp³-hybridized carbons (Fsp3) is 1.00. The first-order chi connectivity index (χ1) is 6.15. The minimum absolute atomic E-state index is 0.692. The van der Waals surface area contributed by atoms with E-state index in [-0.39, 0.29) is 0 Å². The summed E-state index contributed by atoms with van der Waals surface area (Å²) in [6, 6.07) is 0.692. The van der Waals surface area contributed by atoms with Gasteiger partial charge in [-0.05, 0) is 40.0 Å². The predicted octanol–water partition coefficient (Wildman–Crippen LogP) is 1.96. The molecule has 0 spiro atoms. The lowest BCUT2D eigenvalue weighted by atomic mass is 9.92. The van der Waals surface area contributed by atoms with Gasteiger partial charge >= 0.3 is 0 Å². The number of rotatable bonds is 7. The highest BCUT2D eigenvalue weighted by atomic mass is 15.1. The minimum Gasteiger partial charge on any atom is -0.317 e. The van der Waals surface area contributed by atoms with Gasteiger partial charge in [-0.25, -0.2) is 0 Å². The summed E-state index contributed by atoms with van der Waals surface area (Å²) >= 11 is 0. The minimum atomic E-state index is 0.692. The molecule has 2 nitrogen and oxygen atoms in total. The molecule has 13 heavy (non-hydrogen) atoms. The lowest BCUT2D eigenvalue weighted by molar-refractivity contribution is 0.292. The maximum absolute atomic E-state index is 3.43. The summed E-state index contributed by atoms with van der Waals surface area (Å²) in [6.07, 6.45) is 3.83. The molecule has 0 fully saturated rings. The Morgan fingerprint density at radius 1 is 1.15 bits per heavy atom. The Labute approximate surface area is 83.7 Å². The van der Waals surface area contributed by atoms with Crippen molar-refractivity contribution >= 4 is 0 Å². The molecule has 0 amide bonds. The molecular weight excluding hydrogens is 160 g/mol. The molecule has 0 radical (unpaired) electrons. The van der Waals surface area contributed by atoms with Crippen molar-refractivity contribution in [2.75, 3.05) is 27.7 Å². The third-order valence-electron chi connectivity index (χ3n) is 2.88. The van der Waals surface area contributed by atoms with E-state index >= 15 is 0 Å². The SMILES string of the molecule is CCC(CC)C(CCN(C)C)NC. The summed E-state index contributed by atoms with van der Waals surface area (Å²) < 4.78 is 0. The molecule has 1 atom stereocenters. The molecule has 1 unspecified atom stereocenters. The molecule has 80 valence electrons. The highest BCUT2D eigenvalue weighted by Crippen LogP contribution is 2.15. The van der Waals surface area contributed by atoms with Crippen molar-refractivity contribution in [2.45, 2.75) is 39.2 Å². The van der Waals surface area contributed by atoms with Gasteiger partial charge in [0.1, 0.15) is 0 Å². The summed E-state index contributed by atoms with van der Waals surface area (Å²) in [4.78, 5) is 2.26. The molecule has 0 aromatic carbocycles. The van der Waals surface area contributed by atoms with Crippen LogP contribution in [-0.4, -0.2) is 38.6 Å². The number of hydrogen-bond donors (Lipinski definition) is 1. The van der Waals surface area contributed by atoms with Crippen LogP contribution >= 0.6 is 0 Å². The molecule has 2 heteroatoms. The third kappa shape index (κ3) is 5.27. The molecule has 0 rings (SSSR count). The number of nitrogens with zero attached hydrogens (tertiary/aromatic N) is 1. The van der Waals surface area contributed by atoms with Crippen molar-refractivity contribution in [1.82, 2.24) is 10.2 Å². The van der Waals surface area contributed by atoms with Gasteiger partial charge in [-0.3, -0.25) is 0 Å². The van der Waals surface area contributed by atoms with Crippen molar-refractivity contribution in [3.63, 3.8) is 0 Å². The van der Waals surface area contributed by atoms with Crippen molar-refractivity contribution in [2.24, 2.45) is 5.92 Å². The van der Waals surface area contributed by atoms with E-state index in [1.54, 1.807) is 0 Å². The topological polar surface area (TPSA) is 15.3 Å². The van der Waals surface area contributed by atoms with Gasteiger partial charge in [0.15, 0.2) is 0 Å². The second-order valence-electron chi connectivity index (χ2n) is 4.06. The third-order valence-corrected chi connectivity index (χ3v) is 2.88. The van der Waals surface area contributed by atoms with Crippen LogP contribution in [0.5, 0.6) is 0 Å². The highest BCUT2D eigenvalue weighted by molar-refractivity contribution is 4.73. The zero-order valence-electron chi connectivity index (χ0n) is 9.93. The van der Waals surface area contributed by atoms with Gasteiger partial charge in [-0.2, -0.15) is 0 Å². The van der Waals surface area contributed by atoms with Gasteiger partial charge in [-0.1, -0.05) is 26.7 Å². The number of nitrogens with one attached hydrogen (secondary N) is 1. The lowest BCUT2D eigenvalue weighted by Crippen LogP contribution is -2.35. The van der Waals surface area contributed by atoms with Crippen molar-refractivity contribution in [3.8, 4) is 0 Å². The highest BCUT2D eigenvalue weighted by Gasteiger charge is 2.15. The second kappa shape index (κ2) is 7.34. The van der Waals surface area contributed by atoms with Gasteiger partial charge in [0.25, 0.3) is 0 Å². The zero-order chi connectivity index (χ0) is 10.3. The Bertz CT molecular complexity index is 109. The summed E-state index contributed by atoms with van der Waals surface area (Å²) in [6.45, 7) is 5.75. The smallest absolute Gasteiger partial charge is 0.0104 e. The molecule has 0 aromatic heterocycles. The Morgan fingerprint density at radius 2 is 1.69 bits per heavy atom. The van der Waals surface area contributed by atoms with Crippen LogP contribution in [0.3, 0.4) is 0 Å². The van der Waals surface area contributed by atoms with Crippen molar-refractivity contribution < 1.29 is 0 Å². The molecule has 1 N–H and O–H groups in total. The predicted molar refractivity (Wildman–Crippen MR) is 60.1 cm³/mol. The van der Waals surface area contributed by atoms with Crippen LogP contribution in [0.15, 0.2) is 0 Å². The molecule has 0 aliphatic carbocycles. The van der Waals surface area contributed by atoms with E-state index in [9.17, 15) is 0 Å². The standard InChI is InChI=1S/C11H26N2/c1-6-10(7-2)11(12-3)8-9-13(4)5/h10-12H,6-9H2,1-5H3. The molecule has 0 saturated heterocycles. The Balaban J connectivity index is 3.85. The van der Waals surface area contributed by atoms with Crippen molar-refractivity contribution in [1.29, 1.82) is 0 Å². The largest absolute Gasteiger partial charge is 0.317 e. The fourth-order valence-electron chi connectivity index (χ4n) is 1.87. The van der Waals surface area contributed by atoms with Gasteiger partial charge in [0.05, 0.1) is 0 Å². The maximum Gasteiger partial charge on any atom is 0.0104 e. The van der Waals surface area contributed by atoms with Crippen LogP contribution in [0.1, 0.15) is 33.1 Å². The molecule has 0 saturated carbocycles. The van der Waals surface area contributed by atoms with E-state index in [4.69, 9.17) is 0 Å². The van der Waals surface area contributed by atoms with Gasteiger partial charge in [0, 0.05) is 6.04 Å². The van der Waals surface area contributed by atoms with Crippen molar-refractivity contribution in [3.05, 3.63) is 0 Å². The van der Waals surface area contributed by atoms with E-state index in [1.807, 2.05) is 0 Å². The van der Waals surface area contributed by atoms with Crippen LogP contribution in [0.2, 0.25) is 0 Å². The molecule has 0 aliphatic heterocycles. The second-order valence-corrected chi connectivity index (χ2v) is 4.06. The molecular formula is C11H26N2. The quantitative estimate of drug-likeness (QED) is 0.654. The first kappa shape index (κ1) is 12.9. The molecule has 0 bridgehead atoms.